The van der Waals surface area contributed by atoms with Crippen LogP contribution in [0.4, 0.5) is 0 Å². The lowest BCUT2D eigenvalue weighted by molar-refractivity contribution is -0.147. The van der Waals surface area contributed by atoms with Crippen LogP contribution < -0.4 is 5.32 Å². The van der Waals surface area contributed by atoms with Crippen LogP contribution in [-0.4, -0.2) is 73.2 Å². The van der Waals surface area contributed by atoms with Gasteiger partial charge in [-0.15, -0.1) is 0 Å². The summed E-state index contributed by atoms with van der Waals surface area (Å²) >= 11 is 0. The van der Waals surface area contributed by atoms with Gasteiger partial charge in [0.05, 0.1) is 12.0 Å². The molecule has 2 saturated heterocycles. The summed E-state index contributed by atoms with van der Waals surface area (Å²) in [7, 11) is 0. The number of amides is 1. The molecule has 1 amide bonds. The van der Waals surface area contributed by atoms with Crippen molar-refractivity contribution < 1.29 is 9.90 Å². The van der Waals surface area contributed by atoms with E-state index in [9.17, 15) is 4.79 Å². The van der Waals surface area contributed by atoms with Gasteiger partial charge in [-0.1, -0.05) is 12.8 Å². The Kier molecular flexibility index (Phi) is 4.29. The summed E-state index contributed by atoms with van der Waals surface area (Å²) in [5.41, 5.74) is -0.0998. The highest BCUT2D eigenvalue weighted by Crippen LogP contribution is 2.45. The molecule has 3 fully saturated rings. The zero-order valence-corrected chi connectivity index (χ0v) is 12.3. The number of aliphatic hydroxyl groups is 1. The monoisotopic (exact) mass is 281 g/mol. The lowest BCUT2D eigenvalue weighted by Crippen LogP contribution is -2.56. The topological polar surface area (TPSA) is 55.8 Å². The highest BCUT2D eigenvalue weighted by molar-refractivity contribution is 5.84. The summed E-state index contributed by atoms with van der Waals surface area (Å²) in [5, 5.41) is 12.5. The van der Waals surface area contributed by atoms with Crippen LogP contribution in [0.1, 0.15) is 25.7 Å². The maximum absolute atomic E-state index is 13.0. The van der Waals surface area contributed by atoms with E-state index in [1.54, 1.807) is 0 Å². The molecule has 0 aromatic heterocycles. The summed E-state index contributed by atoms with van der Waals surface area (Å²) in [6, 6.07) is 0. The van der Waals surface area contributed by atoms with Crippen LogP contribution in [0.5, 0.6) is 0 Å². The number of rotatable bonds is 3. The number of hydrogen-bond acceptors (Lipinski definition) is 4. The van der Waals surface area contributed by atoms with Crippen molar-refractivity contribution in [3.05, 3.63) is 0 Å². The van der Waals surface area contributed by atoms with E-state index in [1.165, 1.54) is 19.3 Å². The molecule has 1 saturated carbocycles. The maximum atomic E-state index is 13.0. The zero-order chi connectivity index (χ0) is 14.0. The first-order valence-corrected chi connectivity index (χ1v) is 8.09. The van der Waals surface area contributed by atoms with E-state index >= 15 is 0 Å². The smallest absolute Gasteiger partial charge is 0.230 e. The van der Waals surface area contributed by atoms with Crippen molar-refractivity contribution >= 4 is 5.91 Å². The van der Waals surface area contributed by atoms with Crippen LogP contribution in [0.15, 0.2) is 0 Å². The SMILES string of the molecule is O=C(N1CCN(CCO)CC1)[C@@]12CCCC[C@H]1CNC2. The number of aliphatic hydroxyl groups excluding tert-OH is 1. The van der Waals surface area contributed by atoms with Gasteiger partial charge in [0.25, 0.3) is 0 Å². The van der Waals surface area contributed by atoms with Gasteiger partial charge in [-0.25, -0.2) is 0 Å². The van der Waals surface area contributed by atoms with Gasteiger partial charge in [-0.05, 0) is 25.3 Å². The molecule has 0 bridgehead atoms. The third-order valence-electron chi connectivity index (χ3n) is 5.54. The normalized spacial score (nSPS) is 35.0. The Morgan fingerprint density at radius 2 is 2.05 bits per heavy atom. The molecular weight excluding hydrogens is 254 g/mol. The van der Waals surface area contributed by atoms with Crippen molar-refractivity contribution in [2.24, 2.45) is 11.3 Å². The Hall–Kier alpha value is -0.650. The standard InChI is InChI=1S/C15H27N3O2/c19-10-9-17-5-7-18(8-6-17)14(20)15-4-2-1-3-13(15)11-16-12-15/h13,16,19H,1-12H2/t13-,15+/m0/s1. The second kappa shape index (κ2) is 6.00. The van der Waals surface area contributed by atoms with E-state index in [1.807, 2.05) is 0 Å². The Bertz CT molecular complexity index is 355. The van der Waals surface area contributed by atoms with Gasteiger partial charge in [0.2, 0.25) is 5.91 Å². The highest BCUT2D eigenvalue weighted by Gasteiger charge is 2.51. The summed E-state index contributed by atoms with van der Waals surface area (Å²) in [6.45, 7) is 6.31. The Labute approximate surface area is 121 Å². The zero-order valence-electron chi connectivity index (χ0n) is 12.3. The van der Waals surface area contributed by atoms with Crippen LogP contribution in [0.2, 0.25) is 0 Å². The number of hydrogen-bond donors (Lipinski definition) is 2. The number of piperazine rings is 1. The molecule has 20 heavy (non-hydrogen) atoms. The second-order valence-electron chi connectivity index (χ2n) is 6.59. The Morgan fingerprint density at radius 3 is 2.80 bits per heavy atom. The average molecular weight is 281 g/mol. The van der Waals surface area contributed by atoms with E-state index in [0.717, 1.165) is 52.2 Å². The minimum atomic E-state index is -0.0998. The van der Waals surface area contributed by atoms with Gasteiger partial charge in [-0.3, -0.25) is 9.69 Å². The molecule has 0 spiro atoms. The molecule has 0 aromatic carbocycles. The number of fused-ring (bicyclic) bond motifs is 1. The first-order valence-electron chi connectivity index (χ1n) is 8.09. The molecule has 0 unspecified atom stereocenters. The van der Waals surface area contributed by atoms with Crippen LogP contribution in [0, 0.1) is 11.3 Å². The fourth-order valence-electron chi connectivity index (χ4n) is 4.30. The molecule has 114 valence electrons. The number of carbonyl (C=O) groups is 1. The first kappa shape index (κ1) is 14.3. The molecule has 2 aliphatic heterocycles. The van der Waals surface area contributed by atoms with Crippen molar-refractivity contribution in [3.8, 4) is 0 Å². The molecular formula is C15H27N3O2. The Morgan fingerprint density at radius 1 is 1.25 bits per heavy atom. The molecule has 3 rings (SSSR count). The van der Waals surface area contributed by atoms with Crippen LogP contribution in [0.25, 0.3) is 0 Å². The van der Waals surface area contributed by atoms with Gasteiger partial charge in [0.1, 0.15) is 0 Å². The fraction of sp³-hybridized carbons (Fsp3) is 0.933. The summed E-state index contributed by atoms with van der Waals surface area (Å²) in [4.78, 5) is 17.4. The molecule has 2 atom stereocenters. The number of nitrogens with one attached hydrogen (secondary N) is 1. The second-order valence-corrected chi connectivity index (χ2v) is 6.59. The van der Waals surface area contributed by atoms with E-state index in [2.05, 4.69) is 15.1 Å². The van der Waals surface area contributed by atoms with Gasteiger partial charge in [-0.2, -0.15) is 0 Å². The average Bonchev–Trinajstić information content (AvgIpc) is 2.92. The summed E-state index contributed by atoms with van der Waals surface area (Å²) < 4.78 is 0. The van der Waals surface area contributed by atoms with E-state index in [4.69, 9.17) is 5.11 Å². The van der Waals surface area contributed by atoms with Crippen molar-refractivity contribution in [2.45, 2.75) is 25.7 Å². The van der Waals surface area contributed by atoms with E-state index in [0.29, 0.717) is 11.8 Å². The first-order chi connectivity index (χ1) is 9.76. The third kappa shape index (κ3) is 2.47. The minimum Gasteiger partial charge on any atom is -0.395 e. The quantitative estimate of drug-likeness (QED) is 0.759. The summed E-state index contributed by atoms with van der Waals surface area (Å²) in [6.07, 6.45) is 4.77. The molecule has 3 aliphatic rings. The largest absolute Gasteiger partial charge is 0.395 e. The molecule has 5 nitrogen and oxygen atoms in total. The third-order valence-corrected chi connectivity index (χ3v) is 5.54. The van der Waals surface area contributed by atoms with Crippen molar-refractivity contribution in [1.29, 1.82) is 0 Å². The lowest BCUT2D eigenvalue weighted by atomic mass is 9.67. The van der Waals surface area contributed by atoms with Gasteiger partial charge < -0.3 is 15.3 Å². The molecule has 5 heteroatoms. The fourth-order valence-corrected chi connectivity index (χ4v) is 4.30. The summed E-state index contributed by atoms with van der Waals surface area (Å²) in [5.74, 6) is 0.954. The van der Waals surface area contributed by atoms with E-state index < -0.39 is 0 Å². The molecule has 0 radical (unpaired) electrons. The van der Waals surface area contributed by atoms with Gasteiger partial charge >= 0.3 is 0 Å². The van der Waals surface area contributed by atoms with E-state index in [-0.39, 0.29) is 12.0 Å². The van der Waals surface area contributed by atoms with Crippen molar-refractivity contribution in [2.75, 3.05) is 52.4 Å². The van der Waals surface area contributed by atoms with Gasteiger partial charge in [0, 0.05) is 39.3 Å². The molecule has 2 N–H and O–H groups in total. The van der Waals surface area contributed by atoms with Crippen molar-refractivity contribution in [3.63, 3.8) is 0 Å². The van der Waals surface area contributed by atoms with Crippen molar-refractivity contribution in [1.82, 2.24) is 15.1 Å². The predicted octanol–water partition coefficient (Wildman–Crippen LogP) is -0.0973. The lowest BCUT2D eigenvalue weighted by Gasteiger charge is -2.43. The maximum Gasteiger partial charge on any atom is 0.230 e. The number of nitrogens with zero attached hydrogens (tertiary/aromatic N) is 2. The molecule has 0 aromatic rings. The van der Waals surface area contributed by atoms with Gasteiger partial charge in [0.15, 0.2) is 0 Å². The highest BCUT2D eigenvalue weighted by atomic mass is 16.3. The Balaban J connectivity index is 1.64. The minimum absolute atomic E-state index is 0.0998. The van der Waals surface area contributed by atoms with Crippen LogP contribution >= 0.6 is 0 Å². The molecule has 1 aliphatic carbocycles. The predicted molar refractivity (Wildman–Crippen MR) is 77.4 cm³/mol. The number of β-amino-alcohol motifs (C(OH)–C–C–N with tert-alkyl or cyclic N) is 1. The molecule has 2 heterocycles. The van der Waals surface area contributed by atoms with Crippen LogP contribution in [-0.2, 0) is 4.79 Å². The number of carbonyl (C=O) groups excluding carboxylic acids is 1. The van der Waals surface area contributed by atoms with Crippen LogP contribution in [0.3, 0.4) is 0 Å².